The van der Waals surface area contributed by atoms with Crippen molar-refractivity contribution in [1.29, 1.82) is 0 Å². The number of nitrogens with zero attached hydrogens (tertiary/aromatic N) is 2. The molecule has 0 spiro atoms. The van der Waals surface area contributed by atoms with Gasteiger partial charge in [-0.15, -0.1) is 16.8 Å². The molecule has 22 heavy (non-hydrogen) atoms. The molecule has 0 aliphatic heterocycles. The second-order valence-electron chi connectivity index (χ2n) is 4.54. The van der Waals surface area contributed by atoms with Gasteiger partial charge >= 0.3 is 0 Å². The lowest BCUT2D eigenvalue weighted by Crippen LogP contribution is -2.30. The summed E-state index contributed by atoms with van der Waals surface area (Å²) in [6, 6.07) is 7.56. The Morgan fingerprint density at radius 1 is 1.45 bits per heavy atom. The molecule has 0 fully saturated rings. The molecule has 0 unspecified atom stereocenters. The predicted molar refractivity (Wildman–Crippen MR) is 90.7 cm³/mol. The van der Waals surface area contributed by atoms with Crippen molar-refractivity contribution >= 4 is 34.1 Å². The third-order valence-corrected chi connectivity index (χ3v) is 4.63. The zero-order valence-corrected chi connectivity index (χ0v) is 14.0. The van der Waals surface area contributed by atoms with Gasteiger partial charge in [-0.25, -0.2) is 0 Å². The van der Waals surface area contributed by atoms with E-state index in [0.717, 1.165) is 15.7 Å². The Morgan fingerprint density at radius 2 is 2.18 bits per heavy atom. The molecule has 1 aromatic carbocycles. The second kappa shape index (κ2) is 7.95. The van der Waals surface area contributed by atoms with Crippen molar-refractivity contribution in [3.63, 3.8) is 0 Å². The zero-order valence-electron chi connectivity index (χ0n) is 12.4. The lowest BCUT2D eigenvalue weighted by atomic mass is 10.2. The van der Waals surface area contributed by atoms with Gasteiger partial charge in [-0.1, -0.05) is 46.9 Å². The Balaban J connectivity index is 1.89. The second-order valence-corrected chi connectivity index (χ2v) is 6.78. The predicted octanol–water partition coefficient (Wildman–Crippen LogP) is 3.53. The van der Waals surface area contributed by atoms with Gasteiger partial charge in [-0.3, -0.25) is 10.1 Å². The highest BCUT2D eigenvalue weighted by molar-refractivity contribution is 8.01. The van der Waals surface area contributed by atoms with Crippen LogP contribution in [0.3, 0.4) is 0 Å². The topological polar surface area (TPSA) is 64.1 Å². The van der Waals surface area contributed by atoms with Gasteiger partial charge in [-0.05, 0) is 26.0 Å². The number of nitrogens with one attached hydrogen (secondary N) is 1. The van der Waals surface area contributed by atoms with Gasteiger partial charge in [0.05, 0.1) is 0 Å². The number of benzene rings is 1. The lowest BCUT2D eigenvalue weighted by Gasteiger charge is -2.13. The summed E-state index contributed by atoms with van der Waals surface area (Å²) in [5.41, 5.74) is 1.14. The average molecular weight is 335 g/mol. The molecule has 0 saturated carbocycles. The first-order valence-electron chi connectivity index (χ1n) is 6.70. The fourth-order valence-corrected chi connectivity index (χ4v) is 3.05. The Bertz CT molecular complexity index is 640. The summed E-state index contributed by atoms with van der Waals surface area (Å²) in [6.07, 6.45) is 1.18. The fraction of sp³-hybridized carbons (Fsp3) is 0.267. The first kappa shape index (κ1) is 16.5. The molecule has 0 aliphatic carbocycles. The van der Waals surface area contributed by atoms with Gasteiger partial charge in [0.25, 0.3) is 5.91 Å². The van der Waals surface area contributed by atoms with Gasteiger partial charge in [-0.2, -0.15) is 0 Å². The van der Waals surface area contributed by atoms with Gasteiger partial charge in [0, 0.05) is 5.75 Å². The third kappa shape index (κ3) is 4.85. The Labute approximate surface area is 137 Å². The van der Waals surface area contributed by atoms with Crippen LogP contribution in [0.1, 0.15) is 12.5 Å². The molecular weight excluding hydrogens is 318 g/mol. The minimum atomic E-state index is -0.615. The molecular formula is C15H17N3O2S2. The first-order valence-corrected chi connectivity index (χ1v) is 8.50. The lowest BCUT2D eigenvalue weighted by molar-refractivity contribution is -0.122. The highest BCUT2D eigenvalue weighted by Crippen LogP contribution is 2.25. The van der Waals surface area contributed by atoms with Crippen LogP contribution in [0.5, 0.6) is 5.75 Å². The van der Waals surface area contributed by atoms with E-state index in [0.29, 0.717) is 10.9 Å². The molecule has 0 radical (unpaired) electrons. The summed E-state index contributed by atoms with van der Waals surface area (Å²) in [6.45, 7) is 7.34. The smallest absolute Gasteiger partial charge is 0.266 e. The minimum absolute atomic E-state index is 0.253. The normalized spacial score (nSPS) is 11.7. The van der Waals surface area contributed by atoms with E-state index in [1.54, 1.807) is 13.0 Å². The molecule has 1 amide bonds. The van der Waals surface area contributed by atoms with E-state index in [4.69, 9.17) is 4.74 Å². The number of anilines is 1. The molecule has 2 aromatic rings. The van der Waals surface area contributed by atoms with E-state index in [2.05, 4.69) is 22.1 Å². The minimum Gasteiger partial charge on any atom is -0.481 e. The van der Waals surface area contributed by atoms with Gasteiger partial charge in [0.1, 0.15) is 5.75 Å². The van der Waals surface area contributed by atoms with Crippen LogP contribution in [0, 0.1) is 6.92 Å². The van der Waals surface area contributed by atoms with E-state index < -0.39 is 6.10 Å². The van der Waals surface area contributed by atoms with Crippen LogP contribution < -0.4 is 10.1 Å². The summed E-state index contributed by atoms with van der Waals surface area (Å²) in [4.78, 5) is 12.1. The number of hydrogen-bond donors (Lipinski definition) is 1. The summed E-state index contributed by atoms with van der Waals surface area (Å²) in [5.74, 6) is 1.17. The molecule has 5 nitrogen and oxygen atoms in total. The largest absolute Gasteiger partial charge is 0.481 e. The average Bonchev–Trinajstić information content (AvgIpc) is 2.95. The molecule has 2 rings (SSSR count). The monoisotopic (exact) mass is 335 g/mol. The molecule has 1 N–H and O–H groups in total. The van der Waals surface area contributed by atoms with Gasteiger partial charge < -0.3 is 4.74 Å². The standard InChI is InChI=1S/C15H17N3O2S2/c1-4-9-21-15-18-17-14(22-15)16-13(19)11(3)20-12-7-5-10(2)6-8-12/h4-8,11H,1,9H2,2-3H3,(H,16,17,19)/t11-/m0/s1. The molecule has 0 aliphatic rings. The molecule has 7 heteroatoms. The number of aromatic nitrogens is 2. The molecule has 1 atom stereocenters. The van der Waals surface area contributed by atoms with Crippen molar-refractivity contribution in [2.75, 3.05) is 11.1 Å². The molecule has 0 saturated heterocycles. The first-order chi connectivity index (χ1) is 10.6. The maximum absolute atomic E-state index is 12.1. The number of carbonyl (C=O) groups excluding carboxylic acids is 1. The fourth-order valence-electron chi connectivity index (χ4n) is 1.53. The number of aryl methyl sites for hydroxylation is 1. The number of rotatable bonds is 7. The SMILES string of the molecule is C=CCSc1nnc(NC(=O)[C@H](C)Oc2ccc(C)cc2)s1. The van der Waals surface area contributed by atoms with Crippen molar-refractivity contribution in [1.82, 2.24) is 10.2 Å². The molecule has 116 valence electrons. The molecule has 0 bridgehead atoms. The van der Waals surface area contributed by atoms with Crippen molar-refractivity contribution < 1.29 is 9.53 Å². The number of amides is 1. The van der Waals surface area contributed by atoms with Crippen molar-refractivity contribution in [2.45, 2.75) is 24.3 Å². The summed E-state index contributed by atoms with van der Waals surface area (Å²) in [7, 11) is 0. The number of hydrogen-bond acceptors (Lipinski definition) is 6. The van der Waals surface area contributed by atoms with E-state index in [-0.39, 0.29) is 5.91 Å². The van der Waals surface area contributed by atoms with Crippen LogP contribution >= 0.6 is 23.1 Å². The van der Waals surface area contributed by atoms with Crippen LogP contribution in [0.15, 0.2) is 41.3 Å². The zero-order chi connectivity index (χ0) is 15.9. The highest BCUT2D eigenvalue weighted by Gasteiger charge is 2.17. The van der Waals surface area contributed by atoms with Crippen LogP contribution in [-0.4, -0.2) is 28.0 Å². The van der Waals surface area contributed by atoms with Gasteiger partial charge in [0.15, 0.2) is 10.4 Å². The number of carbonyl (C=O) groups is 1. The van der Waals surface area contributed by atoms with Crippen LogP contribution in [-0.2, 0) is 4.79 Å². The van der Waals surface area contributed by atoms with E-state index >= 15 is 0 Å². The summed E-state index contributed by atoms with van der Waals surface area (Å²) < 4.78 is 6.39. The van der Waals surface area contributed by atoms with Crippen molar-refractivity contribution in [2.24, 2.45) is 0 Å². The van der Waals surface area contributed by atoms with Crippen LogP contribution in [0.25, 0.3) is 0 Å². The van der Waals surface area contributed by atoms with E-state index in [1.807, 2.05) is 31.2 Å². The van der Waals surface area contributed by atoms with Crippen molar-refractivity contribution in [3.05, 3.63) is 42.5 Å². The number of thioether (sulfide) groups is 1. The maximum Gasteiger partial charge on any atom is 0.266 e. The van der Waals surface area contributed by atoms with E-state index in [9.17, 15) is 4.79 Å². The highest BCUT2D eigenvalue weighted by atomic mass is 32.2. The Morgan fingerprint density at radius 3 is 2.86 bits per heavy atom. The summed E-state index contributed by atoms with van der Waals surface area (Å²) in [5, 5.41) is 11.1. The number of ether oxygens (including phenoxy) is 1. The van der Waals surface area contributed by atoms with Crippen LogP contribution in [0.2, 0.25) is 0 Å². The third-order valence-electron chi connectivity index (χ3n) is 2.66. The maximum atomic E-state index is 12.1. The van der Waals surface area contributed by atoms with Crippen LogP contribution in [0.4, 0.5) is 5.13 Å². The Kier molecular flexibility index (Phi) is 5.97. The van der Waals surface area contributed by atoms with Crippen molar-refractivity contribution in [3.8, 4) is 5.75 Å². The van der Waals surface area contributed by atoms with E-state index in [1.165, 1.54) is 23.1 Å². The summed E-state index contributed by atoms with van der Waals surface area (Å²) >= 11 is 2.86. The molecule has 1 heterocycles. The Hall–Kier alpha value is -1.86. The van der Waals surface area contributed by atoms with Gasteiger partial charge in [0.2, 0.25) is 5.13 Å². The molecule has 1 aromatic heterocycles. The quantitative estimate of drug-likeness (QED) is 0.476.